The first kappa shape index (κ1) is 22.7. The van der Waals surface area contributed by atoms with E-state index in [1.807, 2.05) is 18.2 Å². The van der Waals surface area contributed by atoms with Crippen LogP contribution in [0.4, 0.5) is 5.69 Å². The number of morpholine rings is 1. The number of thioether (sulfide) groups is 1. The zero-order chi connectivity index (χ0) is 23.9. The van der Waals surface area contributed by atoms with Gasteiger partial charge in [-0.05, 0) is 36.2 Å². The molecule has 2 aliphatic heterocycles. The lowest BCUT2D eigenvalue weighted by Gasteiger charge is -2.29. The largest absolute Gasteiger partial charge is 0.382 e. The molecule has 0 saturated carbocycles. The van der Waals surface area contributed by atoms with Crippen LogP contribution in [0.5, 0.6) is 0 Å². The van der Waals surface area contributed by atoms with Crippen molar-refractivity contribution >= 4 is 40.0 Å². The number of aliphatic hydroxyl groups is 1. The van der Waals surface area contributed by atoms with Crippen LogP contribution < -0.4 is 4.90 Å². The van der Waals surface area contributed by atoms with Crippen LogP contribution in [-0.4, -0.2) is 57.1 Å². The smallest absolute Gasteiger partial charge is 0.123 e. The Hall–Kier alpha value is -2.78. The van der Waals surface area contributed by atoms with Gasteiger partial charge in [0, 0.05) is 51.6 Å². The highest BCUT2D eigenvalue weighted by molar-refractivity contribution is 7.99. The highest BCUT2D eigenvalue weighted by Crippen LogP contribution is 2.43. The standard InChI is InChI=1S/C26H24ClN5O2S/c1-15-12-35-26-22(15)24(30-14-31-26)25(33)19-10-16(2-5-20(19)27)23-18-4-3-17(11-21(18)28-13-29-23)32-6-8-34-9-7-32/h2-5,10-11,13-15,25,33H,6-9,12H2,1H3. The molecule has 1 fully saturated rings. The van der Waals surface area contributed by atoms with Gasteiger partial charge in [0.05, 0.1) is 30.1 Å². The quantitative estimate of drug-likeness (QED) is 0.393. The summed E-state index contributed by atoms with van der Waals surface area (Å²) in [7, 11) is 0. The summed E-state index contributed by atoms with van der Waals surface area (Å²) in [4.78, 5) is 20.3. The van der Waals surface area contributed by atoms with E-state index in [0.717, 1.165) is 70.5 Å². The fraction of sp³-hybridized carbons (Fsp3) is 0.308. The lowest BCUT2D eigenvalue weighted by Crippen LogP contribution is -2.36. The van der Waals surface area contributed by atoms with Gasteiger partial charge < -0.3 is 14.7 Å². The Morgan fingerprint density at radius 2 is 1.89 bits per heavy atom. The summed E-state index contributed by atoms with van der Waals surface area (Å²) in [5.74, 6) is 1.20. The van der Waals surface area contributed by atoms with Gasteiger partial charge in [-0.25, -0.2) is 19.9 Å². The van der Waals surface area contributed by atoms with Crippen molar-refractivity contribution in [2.24, 2.45) is 0 Å². The SMILES string of the molecule is CC1CSc2ncnc(C(O)c3cc(-c4ncnc5cc(N6CCOCC6)ccc45)ccc3Cl)c21. The van der Waals surface area contributed by atoms with Crippen molar-refractivity contribution in [1.29, 1.82) is 0 Å². The summed E-state index contributed by atoms with van der Waals surface area (Å²) < 4.78 is 5.48. The van der Waals surface area contributed by atoms with Gasteiger partial charge in [-0.2, -0.15) is 0 Å². The topological polar surface area (TPSA) is 84.3 Å². The minimum Gasteiger partial charge on any atom is -0.382 e. The fourth-order valence-electron chi connectivity index (χ4n) is 4.82. The molecule has 1 N–H and O–H groups in total. The van der Waals surface area contributed by atoms with Gasteiger partial charge in [-0.3, -0.25) is 0 Å². The molecule has 9 heteroatoms. The molecule has 2 aromatic carbocycles. The molecule has 4 aromatic rings. The Bertz CT molecular complexity index is 1410. The van der Waals surface area contributed by atoms with Gasteiger partial charge in [0.25, 0.3) is 0 Å². The first-order valence-electron chi connectivity index (χ1n) is 11.6. The third kappa shape index (κ3) is 4.14. The van der Waals surface area contributed by atoms with Crippen molar-refractivity contribution in [3.05, 3.63) is 70.9 Å². The number of fused-ring (bicyclic) bond motifs is 2. The summed E-state index contributed by atoms with van der Waals surface area (Å²) in [6.07, 6.45) is 2.15. The number of aliphatic hydroxyl groups excluding tert-OH is 1. The molecule has 35 heavy (non-hydrogen) atoms. The van der Waals surface area contributed by atoms with E-state index in [4.69, 9.17) is 16.3 Å². The Labute approximate surface area is 212 Å². The van der Waals surface area contributed by atoms with Gasteiger partial charge in [0.15, 0.2) is 0 Å². The minimum atomic E-state index is -0.957. The molecule has 0 radical (unpaired) electrons. The molecule has 0 aliphatic carbocycles. The third-order valence-corrected chi connectivity index (χ3v) is 8.27. The van der Waals surface area contributed by atoms with E-state index in [2.05, 4.69) is 50.0 Å². The van der Waals surface area contributed by atoms with Crippen LogP contribution in [0.1, 0.15) is 35.8 Å². The molecule has 2 unspecified atom stereocenters. The Morgan fingerprint density at radius 3 is 2.74 bits per heavy atom. The lowest BCUT2D eigenvalue weighted by molar-refractivity contribution is 0.122. The van der Waals surface area contributed by atoms with Gasteiger partial charge in [0.1, 0.15) is 23.8 Å². The zero-order valence-electron chi connectivity index (χ0n) is 19.2. The lowest BCUT2D eigenvalue weighted by atomic mass is 9.95. The molecule has 0 spiro atoms. The molecule has 2 aliphatic rings. The zero-order valence-corrected chi connectivity index (χ0v) is 20.8. The average Bonchev–Trinajstić information content (AvgIpc) is 3.29. The van der Waals surface area contributed by atoms with E-state index in [1.165, 1.54) is 6.33 Å². The molecule has 1 saturated heterocycles. The molecule has 0 bridgehead atoms. The first-order valence-corrected chi connectivity index (χ1v) is 13.0. The predicted octanol–water partition coefficient (Wildman–Crippen LogP) is 4.87. The van der Waals surface area contributed by atoms with Crippen molar-refractivity contribution in [2.75, 3.05) is 37.0 Å². The molecular formula is C26H24ClN5O2S. The van der Waals surface area contributed by atoms with E-state index in [1.54, 1.807) is 18.1 Å². The number of aromatic nitrogens is 4. The normalized spacial score (nSPS) is 18.6. The number of benzene rings is 2. The van der Waals surface area contributed by atoms with Crippen molar-refractivity contribution in [1.82, 2.24) is 19.9 Å². The maximum absolute atomic E-state index is 11.4. The highest BCUT2D eigenvalue weighted by Gasteiger charge is 2.29. The van der Waals surface area contributed by atoms with Gasteiger partial charge >= 0.3 is 0 Å². The van der Waals surface area contributed by atoms with Crippen molar-refractivity contribution < 1.29 is 9.84 Å². The number of halogens is 1. The third-order valence-electron chi connectivity index (χ3n) is 6.66. The molecular weight excluding hydrogens is 482 g/mol. The van der Waals surface area contributed by atoms with E-state index < -0.39 is 6.10 Å². The van der Waals surface area contributed by atoms with Gasteiger partial charge in [-0.15, -0.1) is 11.8 Å². The fourth-order valence-corrected chi connectivity index (χ4v) is 6.20. The van der Waals surface area contributed by atoms with Crippen LogP contribution >= 0.6 is 23.4 Å². The van der Waals surface area contributed by atoms with E-state index in [0.29, 0.717) is 16.3 Å². The van der Waals surface area contributed by atoms with Gasteiger partial charge in [-0.1, -0.05) is 24.6 Å². The van der Waals surface area contributed by atoms with Crippen LogP contribution in [0, 0.1) is 0 Å². The highest BCUT2D eigenvalue weighted by atomic mass is 35.5. The van der Waals surface area contributed by atoms with E-state index in [-0.39, 0.29) is 5.92 Å². The number of ether oxygens (including phenoxy) is 1. The van der Waals surface area contributed by atoms with Crippen molar-refractivity contribution in [3.8, 4) is 11.3 Å². The number of nitrogens with zero attached hydrogens (tertiary/aromatic N) is 5. The van der Waals surface area contributed by atoms with Crippen LogP contribution in [0.15, 0.2) is 54.1 Å². The molecule has 7 nitrogen and oxygen atoms in total. The molecule has 0 amide bonds. The van der Waals surface area contributed by atoms with Crippen molar-refractivity contribution in [2.45, 2.75) is 24.0 Å². The van der Waals surface area contributed by atoms with Crippen LogP contribution in [0.25, 0.3) is 22.2 Å². The summed E-state index contributed by atoms with van der Waals surface area (Å²) in [5.41, 5.74) is 5.89. The maximum atomic E-state index is 11.4. The maximum Gasteiger partial charge on any atom is 0.123 e. The van der Waals surface area contributed by atoms with Crippen LogP contribution in [0.2, 0.25) is 5.02 Å². The van der Waals surface area contributed by atoms with Crippen LogP contribution in [0.3, 0.4) is 0 Å². The molecule has 4 heterocycles. The summed E-state index contributed by atoms with van der Waals surface area (Å²) >= 11 is 8.28. The first-order chi connectivity index (χ1) is 17.1. The Kier molecular flexibility index (Phi) is 6.06. The van der Waals surface area contributed by atoms with Crippen molar-refractivity contribution in [3.63, 3.8) is 0 Å². The summed E-state index contributed by atoms with van der Waals surface area (Å²) in [6, 6.07) is 11.9. The van der Waals surface area contributed by atoms with Gasteiger partial charge in [0.2, 0.25) is 0 Å². The predicted molar refractivity (Wildman–Crippen MR) is 138 cm³/mol. The molecule has 2 aromatic heterocycles. The number of anilines is 1. The molecule has 6 rings (SSSR count). The Balaban J connectivity index is 1.40. The van der Waals surface area contributed by atoms with E-state index in [9.17, 15) is 5.11 Å². The second kappa shape index (κ2) is 9.35. The monoisotopic (exact) mass is 505 g/mol. The van der Waals surface area contributed by atoms with E-state index >= 15 is 0 Å². The number of hydrogen-bond donors (Lipinski definition) is 1. The Morgan fingerprint density at radius 1 is 1.06 bits per heavy atom. The molecule has 178 valence electrons. The summed E-state index contributed by atoms with van der Waals surface area (Å²) in [5, 5.41) is 13.8. The molecule has 2 atom stereocenters. The average molecular weight is 506 g/mol. The van der Waals surface area contributed by atoms with Crippen LogP contribution in [-0.2, 0) is 4.74 Å². The second-order valence-corrected chi connectivity index (χ2v) is 10.3. The number of hydrogen-bond acceptors (Lipinski definition) is 8. The summed E-state index contributed by atoms with van der Waals surface area (Å²) in [6.45, 7) is 5.33. The number of rotatable bonds is 4. The second-order valence-electron chi connectivity index (χ2n) is 8.85. The minimum absolute atomic E-state index is 0.272.